The van der Waals surface area contributed by atoms with Gasteiger partial charge in [0.15, 0.2) is 12.2 Å². The van der Waals surface area contributed by atoms with E-state index in [1.807, 2.05) is 0 Å². The van der Waals surface area contributed by atoms with Crippen LogP contribution in [0, 0.1) is 0 Å². The first-order valence-corrected chi connectivity index (χ1v) is 41.6. The summed E-state index contributed by atoms with van der Waals surface area (Å²) in [4.78, 5) is 72.5. The Labute approximate surface area is 573 Å². The summed E-state index contributed by atoms with van der Waals surface area (Å²) in [6, 6.07) is 0. The summed E-state index contributed by atoms with van der Waals surface area (Å²) in [6.45, 7) is 4.83. The van der Waals surface area contributed by atoms with Crippen molar-refractivity contribution >= 4 is 39.5 Å². The Morgan fingerprint density at radius 3 is 0.777 bits per heavy atom. The van der Waals surface area contributed by atoms with Crippen LogP contribution in [0.4, 0.5) is 0 Å². The molecular weight excluding hydrogens is 1230 g/mol. The number of carbonyl (C=O) groups is 4. The van der Waals surface area contributed by atoms with Crippen molar-refractivity contribution in [1.29, 1.82) is 0 Å². The Morgan fingerprint density at radius 1 is 0.298 bits per heavy atom. The van der Waals surface area contributed by atoms with Gasteiger partial charge in [0.05, 0.1) is 26.4 Å². The summed E-state index contributed by atoms with van der Waals surface area (Å²) in [7, 11) is -9.91. The van der Waals surface area contributed by atoms with Crippen LogP contribution in [0.25, 0.3) is 0 Å². The van der Waals surface area contributed by atoms with Crippen molar-refractivity contribution in [3.63, 3.8) is 0 Å². The van der Waals surface area contributed by atoms with Gasteiger partial charge in [-0.25, -0.2) is 9.13 Å². The molecule has 0 aliphatic rings. The molecule has 19 heteroatoms. The van der Waals surface area contributed by atoms with Crippen molar-refractivity contribution in [2.24, 2.45) is 0 Å². The van der Waals surface area contributed by atoms with Gasteiger partial charge in [0, 0.05) is 25.7 Å². The first-order chi connectivity index (χ1) is 45.7. The van der Waals surface area contributed by atoms with Gasteiger partial charge in [-0.15, -0.1) is 0 Å². The highest BCUT2D eigenvalue weighted by Crippen LogP contribution is 2.45. The van der Waals surface area contributed by atoms with Crippen molar-refractivity contribution in [3.8, 4) is 0 Å². The predicted molar refractivity (Wildman–Crippen MR) is 381 cm³/mol. The van der Waals surface area contributed by atoms with E-state index in [-0.39, 0.29) is 25.7 Å². The van der Waals surface area contributed by atoms with E-state index in [1.54, 1.807) is 0 Å². The van der Waals surface area contributed by atoms with E-state index in [4.69, 9.17) is 37.0 Å². The van der Waals surface area contributed by atoms with Crippen molar-refractivity contribution in [3.05, 3.63) is 24.3 Å². The van der Waals surface area contributed by atoms with Crippen molar-refractivity contribution < 1.29 is 80.2 Å². The van der Waals surface area contributed by atoms with E-state index in [9.17, 15) is 43.2 Å². The van der Waals surface area contributed by atoms with Crippen LogP contribution in [0.3, 0.4) is 0 Å². The average molecular weight is 1380 g/mol. The lowest BCUT2D eigenvalue weighted by atomic mass is 10.0. The van der Waals surface area contributed by atoms with E-state index in [0.717, 1.165) is 109 Å². The fourth-order valence-corrected chi connectivity index (χ4v) is 12.6. The van der Waals surface area contributed by atoms with Crippen LogP contribution in [0.2, 0.25) is 0 Å². The monoisotopic (exact) mass is 1380 g/mol. The predicted octanol–water partition coefficient (Wildman–Crippen LogP) is 21.8. The Hall–Kier alpha value is -2.46. The molecule has 0 heterocycles. The summed E-state index contributed by atoms with van der Waals surface area (Å²) in [6.07, 6.45) is 62.2. The highest BCUT2D eigenvalue weighted by atomic mass is 31.2. The number of aliphatic hydroxyl groups excluding tert-OH is 1. The minimum Gasteiger partial charge on any atom is -0.462 e. The number of hydrogen-bond acceptors (Lipinski definition) is 15. The summed E-state index contributed by atoms with van der Waals surface area (Å²) in [5.41, 5.74) is 0. The number of allylic oxidation sites excluding steroid dienone is 4. The molecular formula is C75H142O17P2. The number of hydrogen-bond donors (Lipinski definition) is 3. The van der Waals surface area contributed by atoms with Gasteiger partial charge in [-0.3, -0.25) is 37.3 Å². The van der Waals surface area contributed by atoms with Crippen molar-refractivity contribution in [2.75, 3.05) is 39.6 Å². The minimum absolute atomic E-state index is 0.0846. The SMILES string of the molecule is CCCCCC/C=C\C=C/CCCCCCCC(=O)O[C@H](COC(=O)CCCCCCC)COP(=O)(O)OC[C@H](O)COP(=O)(O)OC[C@@H](COC(=O)CCCCCCCCCCCCCCCCCC)OC(=O)CCCCCCCCCCCCCCCCCCCC. The highest BCUT2D eigenvalue weighted by molar-refractivity contribution is 7.47. The molecule has 0 rings (SSSR count). The van der Waals surface area contributed by atoms with Gasteiger partial charge in [0.1, 0.15) is 19.3 Å². The first-order valence-electron chi connectivity index (χ1n) is 38.6. The minimum atomic E-state index is -4.96. The molecule has 17 nitrogen and oxygen atoms in total. The average Bonchev–Trinajstić information content (AvgIpc) is 1.31. The largest absolute Gasteiger partial charge is 0.472 e. The smallest absolute Gasteiger partial charge is 0.462 e. The van der Waals surface area contributed by atoms with Crippen LogP contribution in [-0.4, -0.2) is 96.7 Å². The second-order valence-electron chi connectivity index (χ2n) is 26.4. The van der Waals surface area contributed by atoms with Crippen LogP contribution in [0.5, 0.6) is 0 Å². The lowest BCUT2D eigenvalue weighted by Gasteiger charge is -2.21. The quantitative estimate of drug-likeness (QED) is 0.0169. The topological polar surface area (TPSA) is 237 Å². The number of unbranched alkanes of at least 4 members (excludes halogenated alkanes) is 45. The zero-order valence-corrected chi connectivity index (χ0v) is 62.2. The molecule has 0 fully saturated rings. The van der Waals surface area contributed by atoms with Crippen LogP contribution in [0.15, 0.2) is 24.3 Å². The zero-order valence-electron chi connectivity index (χ0n) is 60.4. The molecule has 0 bridgehead atoms. The standard InChI is InChI=1S/C75H142O17P2/c1-5-9-13-17-20-23-26-29-32-34-35-38-41-44-47-50-54-58-62-75(80)92-71(66-86-73(78)60-56-52-48-45-42-39-37-33-30-27-24-21-18-14-10-6-2)68-90-94(83,84)88-64-69(76)63-87-93(81,82)89-67-70(65-85-72(77)59-55-51-16-12-8-4)91-74(79)61-57-53-49-46-43-40-36-31-28-25-22-19-15-11-7-3/h25,28,31,36,69-71,76H,5-24,26-27,29-30,32-35,37-68H2,1-4H3,(H,81,82)(H,83,84)/b28-25-,36-31-/t69-,70+,71+/m0/s1. The molecule has 94 heavy (non-hydrogen) atoms. The number of esters is 4. The summed E-state index contributed by atoms with van der Waals surface area (Å²) in [5, 5.41) is 10.6. The van der Waals surface area contributed by atoms with Crippen molar-refractivity contribution in [2.45, 2.75) is 393 Å². The van der Waals surface area contributed by atoms with Gasteiger partial charge in [-0.1, -0.05) is 322 Å². The van der Waals surface area contributed by atoms with E-state index in [1.165, 1.54) is 186 Å². The number of rotatable bonds is 74. The van der Waals surface area contributed by atoms with Crippen LogP contribution < -0.4 is 0 Å². The van der Waals surface area contributed by atoms with Crippen molar-refractivity contribution in [1.82, 2.24) is 0 Å². The number of phosphoric ester groups is 2. The Kier molecular flexibility index (Phi) is 67.2. The van der Waals surface area contributed by atoms with E-state index in [0.29, 0.717) is 25.7 Å². The summed E-state index contributed by atoms with van der Waals surface area (Å²) in [5.74, 6) is -2.16. The summed E-state index contributed by atoms with van der Waals surface area (Å²) >= 11 is 0. The second-order valence-corrected chi connectivity index (χ2v) is 29.3. The Morgan fingerprint density at radius 2 is 0.511 bits per heavy atom. The van der Waals surface area contributed by atoms with Gasteiger partial charge in [-0.2, -0.15) is 0 Å². The normalized spacial score (nSPS) is 14.1. The van der Waals surface area contributed by atoms with Crippen LogP contribution in [0.1, 0.15) is 374 Å². The fraction of sp³-hybridized carbons (Fsp3) is 0.893. The molecule has 0 saturated carbocycles. The Balaban J connectivity index is 5.17. The highest BCUT2D eigenvalue weighted by Gasteiger charge is 2.30. The van der Waals surface area contributed by atoms with Gasteiger partial charge < -0.3 is 33.8 Å². The number of ether oxygens (including phenoxy) is 4. The molecule has 0 aromatic rings. The van der Waals surface area contributed by atoms with Crippen LogP contribution >= 0.6 is 15.6 Å². The molecule has 0 aliphatic carbocycles. The summed E-state index contributed by atoms with van der Waals surface area (Å²) < 4.78 is 68.2. The number of aliphatic hydroxyl groups is 1. The molecule has 0 aromatic heterocycles. The molecule has 0 radical (unpaired) electrons. The third kappa shape index (κ3) is 68.1. The molecule has 0 spiro atoms. The Bertz CT molecular complexity index is 1880. The lowest BCUT2D eigenvalue weighted by Crippen LogP contribution is -2.30. The molecule has 2 unspecified atom stereocenters. The molecule has 554 valence electrons. The molecule has 5 atom stereocenters. The molecule has 3 N–H and O–H groups in total. The molecule has 0 aromatic carbocycles. The number of phosphoric acid groups is 2. The third-order valence-electron chi connectivity index (χ3n) is 17.0. The van der Waals surface area contributed by atoms with Gasteiger partial charge in [0.2, 0.25) is 0 Å². The van der Waals surface area contributed by atoms with E-state index < -0.39 is 97.5 Å². The first kappa shape index (κ1) is 91.5. The lowest BCUT2D eigenvalue weighted by molar-refractivity contribution is -0.161. The van der Waals surface area contributed by atoms with E-state index in [2.05, 4.69) is 52.0 Å². The maximum Gasteiger partial charge on any atom is 0.472 e. The third-order valence-corrected chi connectivity index (χ3v) is 18.9. The fourth-order valence-electron chi connectivity index (χ4n) is 11.0. The molecule has 0 amide bonds. The molecule has 0 aliphatic heterocycles. The van der Waals surface area contributed by atoms with Gasteiger partial charge in [-0.05, 0) is 51.4 Å². The maximum atomic E-state index is 13.1. The van der Waals surface area contributed by atoms with Gasteiger partial charge in [0.25, 0.3) is 0 Å². The van der Waals surface area contributed by atoms with E-state index >= 15 is 0 Å². The second kappa shape index (κ2) is 69.0. The van der Waals surface area contributed by atoms with Crippen LogP contribution in [-0.2, 0) is 65.4 Å². The van der Waals surface area contributed by atoms with Gasteiger partial charge >= 0.3 is 39.5 Å². The molecule has 0 saturated heterocycles. The number of carbonyl (C=O) groups excluding carboxylic acids is 4. The maximum absolute atomic E-state index is 13.1. The zero-order chi connectivity index (χ0) is 69.0.